The van der Waals surface area contributed by atoms with Gasteiger partial charge in [0.25, 0.3) is 5.91 Å². The predicted octanol–water partition coefficient (Wildman–Crippen LogP) is 1.09. The zero-order chi connectivity index (χ0) is 15.5. The number of nitrogens with one attached hydrogen (secondary N) is 2. The number of para-hydroxylation sites is 1. The van der Waals surface area contributed by atoms with Gasteiger partial charge in [-0.3, -0.25) is 9.59 Å². The van der Waals surface area contributed by atoms with Crippen molar-refractivity contribution < 1.29 is 9.59 Å². The van der Waals surface area contributed by atoms with Gasteiger partial charge in [0, 0.05) is 37.1 Å². The van der Waals surface area contributed by atoms with Gasteiger partial charge in [-0.1, -0.05) is 18.2 Å². The van der Waals surface area contributed by atoms with E-state index in [1.54, 1.807) is 16.8 Å². The first kappa shape index (κ1) is 17.3. The Hall–Kier alpha value is -2.05. The second kappa shape index (κ2) is 7.48. The van der Waals surface area contributed by atoms with Crippen LogP contribution in [0, 0.1) is 0 Å². The van der Waals surface area contributed by atoms with Crippen LogP contribution in [0.2, 0.25) is 0 Å². The Bertz CT molecular complexity index is 659. The van der Waals surface area contributed by atoms with Crippen molar-refractivity contribution in [3.05, 3.63) is 36.0 Å². The van der Waals surface area contributed by atoms with E-state index in [0.29, 0.717) is 38.4 Å². The topological polar surface area (TPSA) is 68.4 Å². The number of H-pyrrole nitrogens is 1. The molecule has 3 rings (SSSR count). The first-order valence-corrected chi connectivity index (χ1v) is 7.48. The van der Waals surface area contributed by atoms with Crippen molar-refractivity contribution in [3.8, 4) is 0 Å². The maximum absolute atomic E-state index is 12.6. The van der Waals surface area contributed by atoms with Crippen molar-refractivity contribution >= 4 is 35.1 Å². The standard InChI is InChI=1S/C16H20N4O2.ClH/c1-17-11-15(21)19-6-8-20(9-7-19)16(22)14-10-12-4-2-3-5-13(12)18-14;/h2-5,10,17-18H,6-9,11H2,1H3;1H. The molecule has 0 spiro atoms. The molecule has 2 aromatic rings. The molecule has 1 aliphatic rings. The number of fused-ring (bicyclic) bond motifs is 1. The monoisotopic (exact) mass is 336 g/mol. The van der Waals surface area contributed by atoms with Crippen LogP contribution in [0.3, 0.4) is 0 Å². The van der Waals surface area contributed by atoms with Crippen molar-refractivity contribution in [2.75, 3.05) is 39.8 Å². The SMILES string of the molecule is CNCC(=O)N1CCN(C(=O)c2cc3ccccc3[nH]2)CC1.Cl. The van der Waals surface area contributed by atoms with Crippen LogP contribution in [-0.4, -0.2) is 66.4 Å². The van der Waals surface area contributed by atoms with Gasteiger partial charge in [0.05, 0.1) is 6.54 Å². The molecule has 1 aliphatic heterocycles. The van der Waals surface area contributed by atoms with Crippen molar-refractivity contribution in [2.45, 2.75) is 0 Å². The molecular weight excluding hydrogens is 316 g/mol. The van der Waals surface area contributed by atoms with Crippen molar-refractivity contribution in [2.24, 2.45) is 0 Å². The molecule has 124 valence electrons. The summed E-state index contributed by atoms with van der Waals surface area (Å²) in [6.07, 6.45) is 0. The first-order valence-electron chi connectivity index (χ1n) is 7.48. The number of rotatable bonds is 3. The second-order valence-corrected chi connectivity index (χ2v) is 5.47. The Morgan fingerprint density at radius 3 is 2.43 bits per heavy atom. The number of benzene rings is 1. The molecular formula is C16H21ClN4O2. The Kier molecular flexibility index (Phi) is 5.63. The zero-order valence-corrected chi connectivity index (χ0v) is 13.9. The Morgan fingerprint density at radius 1 is 1.13 bits per heavy atom. The molecule has 1 aromatic carbocycles. The maximum Gasteiger partial charge on any atom is 0.270 e. The summed E-state index contributed by atoms with van der Waals surface area (Å²) in [5.41, 5.74) is 1.57. The number of piperazine rings is 1. The quantitative estimate of drug-likeness (QED) is 0.881. The summed E-state index contributed by atoms with van der Waals surface area (Å²) >= 11 is 0. The van der Waals surface area contributed by atoms with Gasteiger partial charge >= 0.3 is 0 Å². The van der Waals surface area contributed by atoms with E-state index in [0.717, 1.165) is 10.9 Å². The lowest BCUT2D eigenvalue weighted by Gasteiger charge is -2.34. The zero-order valence-electron chi connectivity index (χ0n) is 13.0. The third-order valence-electron chi connectivity index (χ3n) is 4.01. The van der Waals surface area contributed by atoms with E-state index in [4.69, 9.17) is 0 Å². The number of halogens is 1. The third kappa shape index (κ3) is 3.65. The van der Waals surface area contributed by atoms with Crippen molar-refractivity contribution in [3.63, 3.8) is 0 Å². The summed E-state index contributed by atoms with van der Waals surface area (Å²) in [5, 5.41) is 3.90. The van der Waals surface area contributed by atoms with E-state index in [1.165, 1.54) is 0 Å². The highest BCUT2D eigenvalue weighted by atomic mass is 35.5. The molecule has 23 heavy (non-hydrogen) atoms. The first-order chi connectivity index (χ1) is 10.7. The second-order valence-electron chi connectivity index (χ2n) is 5.47. The lowest BCUT2D eigenvalue weighted by molar-refractivity contribution is -0.131. The summed E-state index contributed by atoms with van der Waals surface area (Å²) in [6.45, 7) is 2.67. The molecule has 2 heterocycles. The number of likely N-dealkylation sites (N-methyl/N-ethyl adjacent to an activating group) is 1. The molecule has 6 nitrogen and oxygen atoms in total. The molecule has 0 atom stereocenters. The normalized spacial score (nSPS) is 14.7. The van der Waals surface area contributed by atoms with E-state index < -0.39 is 0 Å². The number of carbonyl (C=O) groups excluding carboxylic acids is 2. The fourth-order valence-electron chi connectivity index (χ4n) is 2.78. The van der Waals surface area contributed by atoms with Crippen LogP contribution in [0.25, 0.3) is 10.9 Å². The average molecular weight is 337 g/mol. The number of carbonyl (C=O) groups is 2. The fraction of sp³-hybridized carbons (Fsp3) is 0.375. The molecule has 0 aliphatic carbocycles. The molecule has 2 N–H and O–H groups in total. The van der Waals surface area contributed by atoms with E-state index in [-0.39, 0.29) is 24.2 Å². The molecule has 7 heteroatoms. The molecule has 0 bridgehead atoms. The average Bonchev–Trinajstić information content (AvgIpc) is 2.98. The minimum absolute atomic E-state index is 0. The Morgan fingerprint density at radius 2 is 1.78 bits per heavy atom. The molecule has 0 saturated carbocycles. The van der Waals surface area contributed by atoms with E-state index in [1.807, 2.05) is 30.3 Å². The summed E-state index contributed by atoms with van der Waals surface area (Å²) in [4.78, 5) is 31.1. The van der Waals surface area contributed by atoms with Gasteiger partial charge < -0.3 is 20.1 Å². The van der Waals surface area contributed by atoms with Crippen LogP contribution in [-0.2, 0) is 4.79 Å². The number of aromatic nitrogens is 1. The minimum Gasteiger partial charge on any atom is -0.351 e. The number of hydrogen-bond donors (Lipinski definition) is 2. The van der Waals surface area contributed by atoms with Gasteiger partial charge in [-0.05, 0) is 19.2 Å². The number of nitrogens with zero attached hydrogens (tertiary/aromatic N) is 2. The molecule has 1 fully saturated rings. The summed E-state index contributed by atoms with van der Waals surface area (Å²) < 4.78 is 0. The summed E-state index contributed by atoms with van der Waals surface area (Å²) in [7, 11) is 1.76. The van der Waals surface area contributed by atoms with Gasteiger partial charge in [-0.15, -0.1) is 12.4 Å². The Labute approximate surface area is 141 Å². The molecule has 0 radical (unpaired) electrons. The largest absolute Gasteiger partial charge is 0.351 e. The van der Waals surface area contributed by atoms with Crippen LogP contribution in [0.1, 0.15) is 10.5 Å². The van der Waals surface area contributed by atoms with Crippen molar-refractivity contribution in [1.29, 1.82) is 0 Å². The van der Waals surface area contributed by atoms with E-state index >= 15 is 0 Å². The lowest BCUT2D eigenvalue weighted by Crippen LogP contribution is -2.52. The number of amides is 2. The minimum atomic E-state index is -0.00286. The van der Waals surface area contributed by atoms with Gasteiger partial charge in [0.2, 0.25) is 5.91 Å². The number of hydrogen-bond acceptors (Lipinski definition) is 3. The third-order valence-corrected chi connectivity index (χ3v) is 4.01. The molecule has 2 amide bonds. The van der Waals surface area contributed by atoms with Crippen LogP contribution in [0.5, 0.6) is 0 Å². The van der Waals surface area contributed by atoms with Gasteiger partial charge in [0.1, 0.15) is 5.69 Å². The van der Waals surface area contributed by atoms with Gasteiger partial charge in [-0.2, -0.15) is 0 Å². The predicted molar refractivity (Wildman–Crippen MR) is 92.0 cm³/mol. The molecule has 1 aromatic heterocycles. The maximum atomic E-state index is 12.6. The Balaban J connectivity index is 0.00000192. The highest BCUT2D eigenvalue weighted by Crippen LogP contribution is 2.16. The summed E-state index contributed by atoms with van der Waals surface area (Å²) in [5.74, 6) is 0.0807. The summed E-state index contributed by atoms with van der Waals surface area (Å²) in [6, 6.07) is 9.73. The highest BCUT2D eigenvalue weighted by molar-refractivity contribution is 5.98. The van der Waals surface area contributed by atoms with Crippen LogP contribution in [0.4, 0.5) is 0 Å². The van der Waals surface area contributed by atoms with Crippen molar-refractivity contribution in [1.82, 2.24) is 20.1 Å². The van der Waals surface area contributed by atoms with E-state index in [2.05, 4.69) is 10.3 Å². The van der Waals surface area contributed by atoms with Gasteiger partial charge in [-0.25, -0.2) is 0 Å². The van der Waals surface area contributed by atoms with Gasteiger partial charge in [0.15, 0.2) is 0 Å². The number of aromatic amines is 1. The highest BCUT2D eigenvalue weighted by Gasteiger charge is 2.25. The molecule has 1 saturated heterocycles. The lowest BCUT2D eigenvalue weighted by atomic mass is 10.2. The smallest absolute Gasteiger partial charge is 0.270 e. The van der Waals surface area contributed by atoms with Crippen LogP contribution >= 0.6 is 12.4 Å². The van der Waals surface area contributed by atoms with Crippen LogP contribution in [0.15, 0.2) is 30.3 Å². The fourth-order valence-corrected chi connectivity index (χ4v) is 2.78. The molecule has 0 unspecified atom stereocenters. The van der Waals surface area contributed by atoms with E-state index in [9.17, 15) is 9.59 Å². The van der Waals surface area contributed by atoms with Crippen LogP contribution < -0.4 is 5.32 Å².